The summed E-state index contributed by atoms with van der Waals surface area (Å²) in [7, 11) is 0. The Morgan fingerprint density at radius 2 is 1.50 bits per heavy atom. The first-order chi connectivity index (χ1) is 8.67. The maximum absolute atomic E-state index is 12.0. The molecule has 4 heteroatoms. The molecule has 0 spiro atoms. The standard InChI is InChI=1S/C14H22BrNO2/c15-10-14(8-4-1-5-9-14)11-16-12(17)6-2-3-7-13(16)18/h1-11H2. The van der Waals surface area contributed by atoms with Gasteiger partial charge in [0.2, 0.25) is 11.8 Å². The number of nitrogens with zero attached hydrogens (tertiary/aromatic N) is 1. The molecule has 102 valence electrons. The number of carbonyl (C=O) groups excluding carboxylic acids is 2. The molecule has 18 heavy (non-hydrogen) atoms. The predicted octanol–water partition coefficient (Wildman–Crippen LogP) is 3.26. The summed E-state index contributed by atoms with van der Waals surface area (Å²) in [5.41, 5.74) is 0.133. The Labute approximate surface area is 117 Å². The molecule has 0 atom stereocenters. The number of hydrogen-bond acceptors (Lipinski definition) is 2. The van der Waals surface area contributed by atoms with E-state index in [1.165, 1.54) is 19.3 Å². The number of halogens is 1. The molecule has 3 nitrogen and oxygen atoms in total. The van der Waals surface area contributed by atoms with Gasteiger partial charge < -0.3 is 0 Å². The molecule has 1 saturated carbocycles. The van der Waals surface area contributed by atoms with Crippen LogP contribution < -0.4 is 0 Å². The second-order valence-electron chi connectivity index (χ2n) is 5.78. The third kappa shape index (κ3) is 3.14. The molecule has 0 aromatic heterocycles. The zero-order valence-electron chi connectivity index (χ0n) is 10.9. The normalized spacial score (nSPS) is 25.1. The van der Waals surface area contributed by atoms with Gasteiger partial charge in [0.25, 0.3) is 0 Å². The van der Waals surface area contributed by atoms with Gasteiger partial charge in [-0.2, -0.15) is 0 Å². The molecule has 1 aliphatic carbocycles. The first kappa shape index (κ1) is 14.0. The quantitative estimate of drug-likeness (QED) is 0.592. The lowest BCUT2D eigenvalue weighted by atomic mass is 9.75. The third-order valence-corrected chi connectivity index (χ3v) is 5.51. The minimum Gasteiger partial charge on any atom is -0.282 e. The monoisotopic (exact) mass is 315 g/mol. The molecule has 2 fully saturated rings. The molecule has 1 aliphatic heterocycles. The second kappa shape index (κ2) is 6.18. The Morgan fingerprint density at radius 1 is 0.944 bits per heavy atom. The van der Waals surface area contributed by atoms with Gasteiger partial charge in [0.05, 0.1) is 0 Å². The van der Waals surface area contributed by atoms with Crippen LogP contribution in [0.3, 0.4) is 0 Å². The van der Waals surface area contributed by atoms with Crippen LogP contribution in [0.1, 0.15) is 57.8 Å². The van der Waals surface area contributed by atoms with E-state index in [-0.39, 0.29) is 17.2 Å². The van der Waals surface area contributed by atoms with Crippen LogP contribution >= 0.6 is 15.9 Å². The van der Waals surface area contributed by atoms with Crippen molar-refractivity contribution in [2.24, 2.45) is 5.41 Å². The first-order valence-corrected chi connectivity index (χ1v) is 8.18. The summed E-state index contributed by atoms with van der Waals surface area (Å²) in [6, 6.07) is 0. The molecule has 0 N–H and O–H groups in total. The van der Waals surface area contributed by atoms with Crippen molar-refractivity contribution < 1.29 is 9.59 Å². The van der Waals surface area contributed by atoms with E-state index in [4.69, 9.17) is 0 Å². The van der Waals surface area contributed by atoms with Crippen LogP contribution in [0.4, 0.5) is 0 Å². The Bertz CT molecular complexity index is 306. The molecular weight excluding hydrogens is 294 g/mol. The molecule has 1 saturated heterocycles. The molecule has 0 aromatic rings. The highest BCUT2D eigenvalue weighted by Gasteiger charge is 2.36. The largest absolute Gasteiger partial charge is 0.282 e. The molecule has 0 radical (unpaired) electrons. The van der Waals surface area contributed by atoms with E-state index < -0.39 is 0 Å². The number of carbonyl (C=O) groups is 2. The first-order valence-electron chi connectivity index (χ1n) is 7.06. The van der Waals surface area contributed by atoms with Crippen LogP contribution in [-0.2, 0) is 9.59 Å². The van der Waals surface area contributed by atoms with Gasteiger partial charge in [0.15, 0.2) is 0 Å². The summed E-state index contributed by atoms with van der Waals surface area (Å²) in [4.78, 5) is 25.6. The summed E-state index contributed by atoms with van der Waals surface area (Å²) in [6.07, 6.45) is 8.82. The summed E-state index contributed by atoms with van der Waals surface area (Å²) in [6.45, 7) is 0.635. The number of likely N-dealkylation sites (tertiary alicyclic amines) is 1. The highest BCUT2D eigenvalue weighted by Crippen LogP contribution is 2.39. The fourth-order valence-corrected chi connectivity index (χ4v) is 3.85. The fourth-order valence-electron chi connectivity index (χ4n) is 3.11. The van der Waals surface area contributed by atoms with E-state index in [0.29, 0.717) is 19.4 Å². The zero-order chi connectivity index (χ0) is 13.0. The van der Waals surface area contributed by atoms with Crippen LogP contribution in [-0.4, -0.2) is 28.6 Å². The number of hydrogen-bond donors (Lipinski definition) is 0. The average molecular weight is 316 g/mol. The number of rotatable bonds is 3. The summed E-state index contributed by atoms with van der Waals surface area (Å²) in [5.74, 6) is 0.0896. The lowest BCUT2D eigenvalue weighted by Crippen LogP contribution is -2.45. The van der Waals surface area contributed by atoms with Crippen molar-refractivity contribution in [1.29, 1.82) is 0 Å². The van der Waals surface area contributed by atoms with Crippen LogP contribution in [0.25, 0.3) is 0 Å². The molecule has 1 heterocycles. The Morgan fingerprint density at radius 3 is 2.00 bits per heavy atom. The lowest BCUT2D eigenvalue weighted by molar-refractivity contribution is -0.145. The van der Waals surface area contributed by atoms with Gasteiger partial charge in [0, 0.05) is 24.7 Å². The zero-order valence-corrected chi connectivity index (χ0v) is 12.5. The van der Waals surface area contributed by atoms with Crippen LogP contribution in [0.15, 0.2) is 0 Å². The number of alkyl halides is 1. The highest BCUT2D eigenvalue weighted by molar-refractivity contribution is 9.09. The summed E-state index contributed by atoms with van der Waals surface area (Å²) >= 11 is 3.61. The molecule has 0 aromatic carbocycles. The molecule has 0 bridgehead atoms. The Balaban J connectivity index is 2.08. The van der Waals surface area contributed by atoms with Crippen molar-refractivity contribution in [2.75, 3.05) is 11.9 Å². The average Bonchev–Trinajstić information content (AvgIpc) is 2.55. The molecular formula is C14H22BrNO2. The lowest BCUT2D eigenvalue weighted by Gasteiger charge is -2.39. The van der Waals surface area contributed by atoms with E-state index in [2.05, 4.69) is 15.9 Å². The van der Waals surface area contributed by atoms with Crippen LogP contribution in [0, 0.1) is 5.41 Å². The van der Waals surface area contributed by atoms with Crippen LogP contribution in [0.5, 0.6) is 0 Å². The van der Waals surface area contributed by atoms with Crippen molar-refractivity contribution in [3.8, 4) is 0 Å². The Hall–Kier alpha value is -0.380. The molecule has 2 rings (SSSR count). The Kier molecular flexibility index (Phi) is 4.82. The van der Waals surface area contributed by atoms with Crippen molar-refractivity contribution in [2.45, 2.75) is 57.8 Å². The van der Waals surface area contributed by atoms with Gasteiger partial charge in [-0.25, -0.2) is 0 Å². The summed E-state index contributed by atoms with van der Waals surface area (Å²) < 4.78 is 0. The van der Waals surface area contributed by atoms with Gasteiger partial charge in [-0.15, -0.1) is 0 Å². The molecule has 0 unspecified atom stereocenters. The van der Waals surface area contributed by atoms with Gasteiger partial charge >= 0.3 is 0 Å². The van der Waals surface area contributed by atoms with Crippen LogP contribution in [0.2, 0.25) is 0 Å². The highest BCUT2D eigenvalue weighted by atomic mass is 79.9. The molecule has 2 aliphatic rings. The SMILES string of the molecule is O=C1CCCCC(=O)N1CC1(CBr)CCCCC1. The smallest absolute Gasteiger partial charge is 0.229 e. The fraction of sp³-hybridized carbons (Fsp3) is 0.857. The van der Waals surface area contributed by atoms with Crippen molar-refractivity contribution in [3.05, 3.63) is 0 Å². The van der Waals surface area contributed by atoms with Gasteiger partial charge in [-0.3, -0.25) is 14.5 Å². The topological polar surface area (TPSA) is 37.4 Å². The van der Waals surface area contributed by atoms with Crippen molar-refractivity contribution in [1.82, 2.24) is 4.90 Å². The van der Waals surface area contributed by atoms with Crippen molar-refractivity contribution >= 4 is 27.7 Å². The van der Waals surface area contributed by atoms with Gasteiger partial charge in [-0.1, -0.05) is 35.2 Å². The minimum absolute atomic E-state index is 0.0448. The van der Waals surface area contributed by atoms with E-state index >= 15 is 0 Å². The predicted molar refractivity (Wildman–Crippen MR) is 74.5 cm³/mol. The minimum atomic E-state index is 0.0448. The van der Waals surface area contributed by atoms with Gasteiger partial charge in [-0.05, 0) is 31.1 Å². The van der Waals surface area contributed by atoms with E-state index in [1.807, 2.05) is 0 Å². The van der Waals surface area contributed by atoms with Gasteiger partial charge in [0.1, 0.15) is 0 Å². The third-order valence-electron chi connectivity index (χ3n) is 4.32. The van der Waals surface area contributed by atoms with E-state index in [9.17, 15) is 9.59 Å². The number of amides is 2. The maximum atomic E-state index is 12.0. The van der Waals surface area contributed by atoms with Crippen molar-refractivity contribution in [3.63, 3.8) is 0 Å². The summed E-state index contributed by atoms with van der Waals surface area (Å²) in [5, 5.41) is 0.900. The van der Waals surface area contributed by atoms with E-state index in [0.717, 1.165) is 31.0 Å². The second-order valence-corrected chi connectivity index (χ2v) is 6.34. The van der Waals surface area contributed by atoms with E-state index in [1.54, 1.807) is 4.90 Å². The molecule has 2 amide bonds. The number of imide groups is 1. The maximum Gasteiger partial charge on any atom is 0.229 e.